The van der Waals surface area contributed by atoms with Gasteiger partial charge in [-0.3, -0.25) is 9.97 Å². The third-order valence-electron chi connectivity index (χ3n) is 7.37. The van der Waals surface area contributed by atoms with Crippen molar-refractivity contribution in [3.8, 4) is 39.5 Å². The smallest absolute Gasteiger partial charge is 0.227 e. The molecule has 0 unspecified atom stereocenters. The Morgan fingerprint density at radius 3 is 2.35 bits per heavy atom. The maximum Gasteiger partial charge on any atom is 0.227 e. The minimum absolute atomic E-state index is 0.597. The summed E-state index contributed by atoms with van der Waals surface area (Å²) in [6, 6.07) is 39.5. The minimum Gasteiger partial charge on any atom is -0.436 e. The van der Waals surface area contributed by atoms with Crippen LogP contribution in [-0.4, -0.2) is 19.5 Å². The number of rotatable bonds is 4. The van der Waals surface area contributed by atoms with Gasteiger partial charge >= 0.3 is 0 Å². The molecule has 4 aromatic heterocycles. The van der Waals surface area contributed by atoms with E-state index in [1.807, 2.05) is 54.9 Å². The van der Waals surface area contributed by atoms with Crippen molar-refractivity contribution in [1.82, 2.24) is 19.5 Å². The second kappa shape index (κ2) is 9.03. The third-order valence-corrected chi connectivity index (χ3v) is 7.37. The highest BCUT2D eigenvalue weighted by atomic mass is 16.3. The van der Waals surface area contributed by atoms with Crippen LogP contribution < -0.4 is 0 Å². The Labute approximate surface area is 230 Å². The van der Waals surface area contributed by atoms with Crippen molar-refractivity contribution in [2.24, 2.45) is 0 Å². The third kappa shape index (κ3) is 3.68. The predicted molar refractivity (Wildman–Crippen MR) is 160 cm³/mol. The molecular weight excluding hydrogens is 492 g/mol. The molecule has 0 fully saturated rings. The van der Waals surface area contributed by atoms with Gasteiger partial charge in [-0.2, -0.15) is 0 Å². The average Bonchev–Trinajstić information content (AvgIpc) is 3.60. The molecule has 0 aliphatic heterocycles. The molecule has 0 bridgehead atoms. The van der Waals surface area contributed by atoms with Gasteiger partial charge in [-0.1, -0.05) is 54.6 Å². The number of fused-ring (bicyclic) bond motifs is 4. The molecule has 4 aromatic carbocycles. The first kappa shape index (κ1) is 22.4. The molecule has 0 N–H and O–H groups in total. The number of nitrogens with zero attached hydrogens (tertiary/aromatic N) is 4. The maximum atomic E-state index is 6.25. The Hall–Kier alpha value is -5.55. The van der Waals surface area contributed by atoms with E-state index < -0.39 is 0 Å². The summed E-state index contributed by atoms with van der Waals surface area (Å²) in [5.74, 6) is 0.597. The van der Waals surface area contributed by atoms with Crippen molar-refractivity contribution >= 4 is 32.9 Å². The van der Waals surface area contributed by atoms with Crippen molar-refractivity contribution in [3.05, 3.63) is 134 Å². The van der Waals surface area contributed by atoms with Crippen molar-refractivity contribution in [3.63, 3.8) is 0 Å². The monoisotopic (exact) mass is 514 g/mol. The molecule has 40 heavy (non-hydrogen) atoms. The topological polar surface area (TPSA) is 56.7 Å². The summed E-state index contributed by atoms with van der Waals surface area (Å²) >= 11 is 0. The van der Waals surface area contributed by atoms with Gasteiger partial charge in [0.15, 0.2) is 5.58 Å². The molecule has 8 rings (SSSR count). The first-order valence-electron chi connectivity index (χ1n) is 13.2. The second-order valence-corrected chi connectivity index (χ2v) is 9.79. The van der Waals surface area contributed by atoms with Crippen LogP contribution in [0.2, 0.25) is 0 Å². The molecule has 5 heteroatoms. The van der Waals surface area contributed by atoms with Gasteiger partial charge in [0.1, 0.15) is 5.52 Å². The molecular formula is C35H22N4O. The van der Waals surface area contributed by atoms with Crippen LogP contribution in [0.4, 0.5) is 0 Å². The van der Waals surface area contributed by atoms with E-state index in [9.17, 15) is 0 Å². The van der Waals surface area contributed by atoms with Gasteiger partial charge in [-0.05, 0) is 66.2 Å². The summed E-state index contributed by atoms with van der Waals surface area (Å²) in [4.78, 5) is 13.7. The summed E-state index contributed by atoms with van der Waals surface area (Å²) in [5.41, 5.74) is 9.94. The van der Waals surface area contributed by atoms with Crippen molar-refractivity contribution in [2.75, 3.05) is 0 Å². The van der Waals surface area contributed by atoms with Crippen LogP contribution in [0.25, 0.3) is 72.4 Å². The summed E-state index contributed by atoms with van der Waals surface area (Å²) in [6.07, 6.45) is 5.47. The molecule has 0 amide bonds. The molecule has 0 spiro atoms. The molecule has 0 atom stereocenters. The second-order valence-electron chi connectivity index (χ2n) is 9.79. The molecule has 5 nitrogen and oxygen atoms in total. The number of hydrogen-bond donors (Lipinski definition) is 0. The molecule has 4 heterocycles. The SMILES string of the molecule is c1ccc(-c2cccc(-n3c4ccccc4c4ccc(-c5nc6cc(-c7cccnc7)ccc6o5)cc43)c2)nc1. The van der Waals surface area contributed by atoms with Gasteiger partial charge in [0.25, 0.3) is 0 Å². The van der Waals surface area contributed by atoms with E-state index in [1.54, 1.807) is 6.20 Å². The zero-order chi connectivity index (χ0) is 26.5. The number of aromatic nitrogens is 4. The summed E-state index contributed by atoms with van der Waals surface area (Å²) in [6.45, 7) is 0. The van der Waals surface area contributed by atoms with Crippen molar-refractivity contribution in [1.29, 1.82) is 0 Å². The lowest BCUT2D eigenvalue weighted by molar-refractivity contribution is 0.620. The standard InChI is InChI=1S/C35H22N4O/c1-2-12-32-28(10-1)29-15-13-25(35-38-31-20-23(14-16-34(31)40-35)26-8-6-17-36-22-26)21-33(29)39(32)27-9-5-7-24(19-27)30-11-3-4-18-37-30/h1-22H. The van der Waals surface area contributed by atoms with Gasteiger partial charge in [-0.25, -0.2) is 4.98 Å². The highest BCUT2D eigenvalue weighted by Gasteiger charge is 2.16. The van der Waals surface area contributed by atoms with Crippen LogP contribution in [0, 0.1) is 0 Å². The molecule has 8 aromatic rings. The zero-order valence-electron chi connectivity index (χ0n) is 21.4. The van der Waals surface area contributed by atoms with Crippen molar-refractivity contribution in [2.45, 2.75) is 0 Å². The van der Waals surface area contributed by atoms with Crippen LogP contribution >= 0.6 is 0 Å². The van der Waals surface area contributed by atoms with Gasteiger partial charge < -0.3 is 8.98 Å². The number of para-hydroxylation sites is 1. The molecule has 0 radical (unpaired) electrons. The summed E-state index contributed by atoms with van der Waals surface area (Å²) in [5, 5.41) is 2.38. The first-order chi connectivity index (χ1) is 19.8. The highest BCUT2D eigenvalue weighted by Crippen LogP contribution is 2.36. The van der Waals surface area contributed by atoms with Crippen LogP contribution in [0.1, 0.15) is 0 Å². The van der Waals surface area contributed by atoms with Crippen LogP contribution in [0.5, 0.6) is 0 Å². The van der Waals surface area contributed by atoms with E-state index in [1.165, 1.54) is 10.8 Å². The molecule has 0 aliphatic carbocycles. The largest absolute Gasteiger partial charge is 0.436 e. The van der Waals surface area contributed by atoms with E-state index >= 15 is 0 Å². The fourth-order valence-corrected chi connectivity index (χ4v) is 5.48. The lowest BCUT2D eigenvalue weighted by Gasteiger charge is -2.10. The van der Waals surface area contributed by atoms with E-state index in [4.69, 9.17) is 9.40 Å². The summed E-state index contributed by atoms with van der Waals surface area (Å²) in [7, 11) is 0. The lowest BCUT2D eigenvalue weighted by atomic mass is 10.1. The highest BCUT2D eigenvalue weighted by molar-refractivity contribution is 6.10. The van der Waals surface area contributed by atoms with Crippen LogP contribution in [0.3, 0.4) is 0 Å². The van der Waals surface area contributed by atoms with Crippen molar-refractivity contribution < 1.29 is 4.42 Å². The van der Waals surface area contributed by atoms with Gasteiger partial charge in [-0.15, -0.1) is 0 Å². The molecule has 0 saturated carbocycles. The van der Waals surface area contributed by atoms with E-state index in [0.29, 0.717) is 5.89 Å². The van der Waals surface area contributed by atoms with E-state index in [2.05, 4.69) is 87.3 Å². The number of hydrogen-bond acceptors (Lipinski definition) is 4. The normalized spacial score (nSPS) is 11.5. The first-order valence-corrected chi connectivity index (χ1v) is 13.2. The number of pyridine rings is 2. The molecule has 0 aliphatic rings. The Kier molecular flexibility index (Phi) is 5.07. The minimum atomic E-state index is 0.597. The zero-order valence-corrected chi connectivity index (χ0v) is 21.4. The number of benzene rings is 4. The average molecular weight is 515 g/mol. The quantitative estimate of drug-likeness (QED) is 0.236. The van der Waals surface area contributed by atoms with Crippen LogP contribution in [-0.2, 0) is 0 Å². The molecule has 188 valence electrons. The fraction of sp³-hybridized carbons (Fsp3) is 0. The van der Waals surface area contributed by atoms with E-state index in [0.717, 1.165) is 55.8 Å². The molecule has 0 saturated heterocycles. The lowest BCUT2D eigenvalue weighted by Crippen LogP contribution is -1.95. The predicted octanol–water partition coefficient (Wildman–Crippen LogP) is 8.72. The maximum absolute atomic E-state index is 6.25. The van der Waals surface area contributed by atoms with Gasteiger partial charge in [0, 0.05) is 51.7 Å². The fourth-order valence-electron chi connectivity index (χ4n) is 5.48. The Balaban J connectivity index is 1.29. The van der Waals surface area contributed by atoms with Crippen LogP contribution in [0.15, 0.2) is 138 Å². The Morgan fingerprint density at radius 1 is 0.575 bits per heavy atom. The van der Waals surface area contributed by atoms with Gasteiger partial charge in [0.05, 0.1) is 16.7 Å². The van der Waals surface area contributed by atoms with E-state index in [-0.39, 0.29) is 0 Å². The van der Waals surface area contributed by atoms with Gasteiger partial charge in [0.2, 0.25) is 5.89 Å². The summed E-state index contributed by atoms with van der Waals surface area (Å²) < 4.78 is 8.56. The Morgan fingerprint density at radius 2 is 1.45 bits per heavy atom. The Bertz CT molecular complexity index is 2160. The number of oxazole rings is 1.